The number of nitrogens with one attached hydrogen (secondary N) is 2. The van der Waals surface area contributed by atoms with Gasteiger partial charge < -0.3 is 9.47 Å². The van der Waals surface area contributed by atoms with Gasteiger partial charge in [0.15, 0.2) is 0 Å². The molecule has 2 N–H and O–H groups in total. The van der Waals surface area contributed by atoms with Crippen molar-refractivity contribution in [2.75, 3.05) is 13.2 Å². The smallest absolute Gasteiger partial charge is 0.232 e. The third-order valence-electron chi connectivity index (χ3n) is 1.79. The van der Waals surface area contributed by atoms with Crippen molar-refractivity contribution < 1.29 is 9.47 Å². The third kappa shape index (κ3) is 3.05. The molecule has 1 heterocycles. The molecule has 5 heteroatoms. The molecule has 0 bridgehead atoms. The maximum atomic E-state index is 7.57. The van der Waals surface area contributed by atoms with E-state index in [1.165, 1.54) is 0 Å². The van der Waals surface area contributed by atoms with Gasteiger partial charge in [-0.1, -0.05) is 6.07 Å². The average Bonchev–Trinajstić information content (AvgIpc) is 2.30. The zero-order valence-electron chi connectivity index (χ0n) is 9.41. The summed E-state index contributed by atoms with van der Waals surface area (Å²) in [4.78, 5) is 4.11. The van der Waals surface area contributed by atoms with Crippen LogP contribution < -0.4 is 0 Å². The van der Waals surface area contributed by atoms with Crippen LogP contribution in [0.25, 0.3) is 0 Å². The first kappa shape index (κ1) is 12.2. The van der Waals surface area contributed by atoms with E-state index in [-0.39, 0.29) is 11.8 Å². The molecule has 0 atom stereocenters. The SMILES string of the molecule is CCOC(=N)c1cccc(C(=N)OCC)n1. The number of rotatable bonds is 4. The van der Waals surface area contributed by atoms with Crippen molar-refractivity contribution in [1.29, 1.82) is 10.8 Å². The standard InChI is InChI=1S/C11H15N3O2/c1-3-15-10(12)8-6-5-7-9(14-8)11(13)16-4-2/h5-7,12-13H,3-4H2,1-2H3. The van der Waals surface area contributed by atoms with Gasteiger partial charge >= 0.3 is 0 Å². The lowest BCUT2D eigenvalue weighted by Crippen LogP contribution is -2.12. The molecule has 0 aliphatic heterocycles. The van der Waals surface area contributed by atoms with Crippen molar-refractivity contribution in [3.8, 4) is 0 Å². The van der Waals surface area contributed by atoms with Crippen molar-refractivity contribution >= 4 is 11.8 Å². The second-order valence-electron chi connectivity index (χ2n) is 2.93. The first-order valence-corrected chi connectivity index (χ1v) is 5.09. The fraction of sp³-hybridized carbons (Fsp3) is 0.364. The lowest BCUT2D eigenvalue weighted by Gasteiger charge is -2.07. The highest BCUT2D eigenvalue weighted by atomic mass is 16.5. The van der Waals surface area contributed by atoms with Crippen LogP contribution in [-0.4, -0.2) is 30.0 Å². The predicted molar refractivity (Wildman–Crippen MR) is 61.1 cm³/mol. The van der Waals surface area contributed by atoms with E-state index in [0.717, 1.165) is 0 Å². The van der Waals surface area contributed by atoms with Crippen LogP contribution in [0.3, 0.4) is 0 Å². The van der Waals surface area contributed by atoms with Gasteiger partial charge in [-0.3, -0.25) is 10.8 Å². The molecule has 5 nitrogen and oxygen atoms in total. The highest BCUT2D eigenvalue weighted by Gasteiger charge is 2.08. The lowest BCUT2D eigenvalue weighted by molar-refractivity contribution is 0.322. The molecule has 0 fully saturated rings. The van der Waals surface area contributed by atoms with E-state index in [0.29, 0.717) is 24.6 Å². The van der Waals surface area contributed by atoms with E-state index >= 15 is 0 Å². The van der Waals surface area contributed by atoms with Crippen molar-refractivity contribution in [2.24, 2.45) is 0 Å². The van der Waals surface area contributed by atoms with Crippen LogP contribution in [-0.2, 0) is 9.47 Å². The molecule has 86 valence electrons. The topological polar surface area (TPSA) is 79.0 Å². The zero-order chi connectivity index (χ0) is 12.0. The van der Waals surface area contributed by atoms with Crippen molar-refractivity contribution in [3.05, 3.63) is 29.6 Å². The summed E-state index contributed by atoms with van der Waals surface area (Å²) in [6.45, 7) is 4.46. The van der Waals surface area contributed by atoms with Gasteiger partial charge in [-0.15, -0.1) is 0 Å². The summed E-state index contributed by atoms with van der Waals surface area (Å²) in [5, 5.41) is 15.1. The van der Waals surface area contributed by atoms with E-state index < -0.39 is 0 Å². The van der Waals surface area contributed by atoms with Crippen LogP contribution in [0.1, 0.15) is 25.2 Å². The molecule has 0 radical (unpaired) electrons. The molecule has 1 rings (SSSR count). The highest BCUT2D eigenvalue weighted by molar-refractivity contribution is 5.93. The molecule has 1 aromatic heterocycles. The molecule has 0 unspecified atom stereocenters. The Morgan fingerprint density at radius 3 is 1.88 bits per heavy atom. The molecule has 0 saturated heterocycles. The molecular formula is C11H15N3O2. The number of ether oxygens (including phenoxy) is 2. The van der Waals surface area contributed by atoms with Crippen LogP contribution in [0.4, 0.5) is 0 Å². The second-order valence-corrected chi connectivity index (χ2v) is 2.93. The second kappa shape index (κ2) is 5.85. The predicted octanol–water partition coefficient (Wildman–Crippen LogP) is 1.81. The lowest BCUT2D eigenvalue weighted by atomic mass is 10.3. The van der Waals surface area contributed by atoms with Crippen LogP contribution in [0, 0.1) is 10.8 Å². The van der Waals surface area contributed by atoms with E-state index in [1.54, 1.807) is 32.0 Å². The zero-order valence-corrected chi connectivity index (χ0v) is 9.41. The Morgan fingerprint density at radius 2 is 1.50 bits per heavy atom. The van der Waals surface area contributed by atoms with Crippen molar-refractivity contribution in [1.82, 2.24) is 4.98 Å². The maximum Gasteiger partial charge on any atom is 0.232 e. The minimum Gasteiger partial charge on any atom is -0.477 e. The van der Waals surface area contributed by atoms with Crippen LogP contribution in [0.15, 0.2) is 18.2 Å². The van der Waals surface area contributed by atoms with Gasteiger partial charge in [-0.2, -0.15) is 0 Å². The monoisotopic (exact) mass is 221 g/mol. The molecular weight excluding hydrogens is 206 g/mol. The Morgan fingerprint density at radius 1 is 1.06 bits per heavy atom. The van der Waals surface area contributed by atoms with E-state index in [2.05, 4.69) is 4.98 Å². The van der Waals surface area contributed by atoms with Gasteiger partial charge in [0, 0.05) is 0 Å². The molecule has 16 heavy (non-hydrogen) atoms. The molecule has 0 spiro atoms. The average molecular weight is 221 g/mol. The van der Waals surface area contributed by atoms with Gasteiger partial charge in [0.1, 0.15) is 11.4 Å². The molecule has 1 aromatic rings. The summed E-state index contributed by atoms with van der Waals surface area (Å²) in [7, 11) is 0. The van der Waals surface area contributed by atoms with Crippen molar-refractivity contribution in [3.63, 3.8) is 0 Å². The van der Waals surface area contributed by atoms with Gasteiger partial charge in [-0.25, -0.2) is 4.98 Å². The van der Waals surface area contributed by atoms with Gasteiger partial charge in [0.05, 0.1) is 13.2 Å². The number of hydrogen-bond donors (Lipinski definition) is 2. The summed E-state index contributed by atoms with van der Waals surface area (Å²) in [6, 6.07) is 5.06. The first-order valence-electron chi connectivity index (χ1n) is 5.09. The Bertz CT molecular complexity index is 357. The summed E-state index contributed by atoms with van der Waals surface area (Å²) < 4.78 is 10.1. The fourth-order valence-electron chi connectivity index (χ4n) is 1.12. The number of aromatic nitrogens is 1. The van der Waals surface area contributed by atoms with Crippen molar-refractivity contribution in [2.45, 2.75) is 13.8 Å². The van der Waals surface area contributed by atoms with E-state index in [1.807, 2.05) is 0 Å². The van der Waals surface area contributed by atoms with E-state index in [9.17, 15) is 0 Å². The summed E-state index contributed by atoms with van der Waals surface area (Å²) in [5.74, 6) is 0.0160. The summed E-state index contributed by atoms with van der Waals surface area (Å²) in [5.41, 5.74) is 0.813. The van der Waals surface area contributed by atoms with Gasteiger partial charge in [0.2, 0.25) is 11.8 Å². The number of nitrogens with zero attached hydrogens (tertiary/aromatic N) is 1. The molecule has 0 amide bonds. The molecule has 0 aliphatic carbocycles. The number of hydrogen-bond acceptors (Lipinski definition) is 5. The molecule has 0 aromatic carbocycles. The number of pyridine rings is 1. The molecule has 0 saturated carbocycles. The van der Waals surface area contributed by atoms with Crippen LogP contribution in [0.5, 0.6) is 0 Å². The minimum absolute atomic E-state index is 0.00801. The largest absolute Gasteiger partial charge is 0.477 e. The van der Waals surface area contributed by atoms with Crippen LogP contribution in [0.2, 0.25) is 0 Å². The Kier molecular flexibility index (Phi) is 4.44. The Labute approximate surface area is 94.4 Å². The summed E-state index contributed by atoms with van der Waals surface area (Å²) >= 11 is 0. The Hall–Kier alpha value is -1.91. The Balaban J connectivity index is 2.86. The first-order chi connectivity index (χ1) is 7.69. The quantitative estimate of drug-likeness (QED) is 0.601. The van der Waals surface area contributed by atoms with Crippen LogP contribution >= 0.6 is 0 Å². The maximum absolute atomic E-state index is 7.57. The van der Waals surface area contributed by atoms with Gasteiger partial charge in [-0.05, 0) is 26.0 Å². The third-order valence-corrected chi connectivity index (χ3v) is 1.79. The summed E-state index contributed by atoms with van der Waals surface area (Å²) in [6.07, 6.45) is 0. The van der Waals surface area contributed by atoms with Gasteiger partial charge in [0.25, 0.3) is 0 Å². The normalized spacial score (nSPS) is 9.62. The fourth-order valence-corrected chi connectivity index (χ4v) is 1.12. The minimum atomic E-state index is 0.00801. The molecule has 0 aliphatic rings. The van der Waals surface area contributed by atoms with E-state index in [4.69, 9.17) is 20.3 Å². The highest BCUT2D eigenvalue weighted by Crippen LogP contribution is 2.03.